The fourth-order valence-electron chi connectivity index (χ4n) is 1.83. The number of aromatic amines is 1. The van der Waals surface area contributed by atoms with Crippen molar-refractivity contribution in [1.82, 2.24) is 9.78 Å². The second-order valence-electron chi connectivity index (χ2n) is 3.79. The molecule has 17 heavy (non-hydrogen) atoms. The zero-order chi connectivity index (χ0) is 12.4. The van der Waals surface area contributed by atoms with E-state index in [4.69, 9.17) is 5.73 Å². The van der Waals surface area contributed by atoms with Crippen molar-refractivity contribution in [1.29, 1.82) is 0 Å². The number of aryl methyl sites for hydroxylation is 1. The van der Waals surface area contributed by atoms with Gasteiger partial charge in [-0.3, -0.25) is 9.89 Å². The van der Waals surface area contributed by atoms with E-state index in [0.717, 1.165) is 5.69 Å². The second kappa shape index (κ2) is 4.47. The fraction of sp³-hybridized carbons (Fsp3) is 0.250. The highest BCUT2D eigenvalue weighted by atomic mass is 16.3. The molecular weight excluding hydrogens is 218 g/mol. The molecule has 0 radical (unpaired) electrons. The number of nitrogens with one attached hydrogen (secondary N) is 1. The largest absolute Gasteiger partial charge is 0.508 e. The maximum absolute atomic E-state index is 12.1. The Morgan fingerprint density at radius 2 is 2.24 bits per heavy atom. The number of phenolic OH excluding ortho intramolecular Hbond substituents is 1. The lowest BCUT2D eigenvalue weighted by Crippen LogP contribution is -2.19. The van der Waals surface area contributed by atoms with E-state index in [-0.39, 0.29) is 17.9 Å². The summed E-state index contributed by atoms with van der Waals surface area (Å²) in [4.78, 5) is 12.1. The van der Waals surface area contributed by atoms with E-state index >= 15 is 0 Å². The van der Waals surface area contributed by atoms with Gasteiger partial charge in [0.05, 0.1) is 11.3 Å². The molecule has 2 rings (SSSR count). The van der Waals surface area contributed by atoms with E-state index < -0.39 is 0 Å². The third kappa shape index (κ3) is 1.97. The van der Waals surface area contributed by atoms with Crippen LogP contribution in [0.1, 0.15) is 18.2 Å². The summed E-state index contributed by atoms with van der Waals surface area (Å²) >= 11 is 0. The van der Waals surface area contributed by atoms with Crippen LogP contribution in [0.3, 0.4) is 0 Å². The molecule has 90 valence electrons. The number of nitrogens with zero attached hydrogens (tertiary/aromatic N) is 1. The van der Waals surface area contributed by atoms with Gasteiger partial charge in [0.2, 0.25) is 0 Å². The Hall–Kier alpha value is -2.01. The average molecular weight is 233 g/mol. The molecule has 0 saturated heterocycles. The van der Waals surface area contributed by atoms with Crippen molar-refractivity contribution in [2.24, 2.45) is 5.73 Å². The van der Waals surface area contributed by atoms with Crippen molar-refractivity contribution >= 4 is 0 Å². The molecule has 0 atom stereocenters. The minimum absolute atomic E-state index is 0.122. The first-order valence-corrected chi connectivity index (χ1v) is 5.49. The molecule has 5 nitrogen and oxygen atoms in total. The lowest BCUT2D eigenvalue weighted by molar-refractivity contribution is 0.474. The Morgan fingerprint density at radius 3 is 2.76 bits per heavy atom. The molecule has 0 aliphatic heterocycles. The van der Waals surface area contributed by atoms with Gasteiger partial charge in [-0.1, -0.05) is 13.0 Å². The Balaban J connectivity index is 2.61. The highest BCUT2D eigenvalue weighted by Gasteiger charge is 2.12. The molecule has 1 aromatic heterocycles. The van der Waals surface area contributed by atoms with E-state index in [1.807, 2.05) is 6.92 Å². The molecule has 0 fully saturated rings. The normalized spacial score (nSPS) is 10.7. The van der Waals surface area contributed by atoms with Crippen LogP contribution in [0.2, 0.25) is 0 Å². The predicted octanol–water partition coefficient (Wildman–Crippen LogP) is 0.892. The molecule has 0 unspecified atom stereocenters. The van der Waals surface area contributed by atoms with Crippen molar-refractivity contribution in [2.45, 2.75) is 19.9 Å². The SMILES string of the molecule is CCc1[nH]n(-c2cccc(O)c2)c(=O)c1CN. The minimum Gasteiger partial charge on any atom is -0.508 e. The van der Waals surface area contributed by atoms with Crippen molar-refractivity contribution in [3.63, 3.8) is 0 Å². The van der Waals surface area contributed by atoms with Crippen LogP contribution in [0.25, 0.3) is 5.69 Å². The Morgan fingerprint density at radius 1 is 1.47 bits per heavy atom. The fourth-order valence-corrected chi connectivity index (χ4v) is 1.83. The summed E-state index contributed by atoms with van der Waals surface area (Å²) in [7, 11) is 0. The lowest BCUT2D eigenvalue weighted by Gasteiger charge is -2.01. The van der Waals surface area contributed by atoms with Crippen LogP contribution in [-0.4, -0.2) is 14.9 Å². The number of aromatic hydroxyl groups is 1. The smallest absolute Gasteiger partial charge is 0.275 e. The quantitative estimate of drug-likeness (QED) is 0.736. The molecule has 0 bridgehead atoms. The first-order valence-electron chi connectivity index (χ1n) is 5.49. The van der Waals surface area contributed by atoms with E-state index in [0.29, 0.717) is 17.7 Å². The Labute approximate surface area is 98.5 Å². The monoisotopic (exact) mass is 233 g/mol. The molecule has 0 aliphatic rings. The van der Waals surface area contributed by atoms with Crippen molar-refractivity contribution < 1.29 is 5.11 Å². The van der Waals surface area contributed by atoms with E-state index in [1.54, 1.807) is 18.2 Å². The van der Waals surface area contributed by atoms with Gasteiger partial charge >= 0.3 is 0 Å². The Kier molecular flexibility index (Phi) is 3.01. The predicted molar refractivity (Wildman–Crippen MR) is 65.3 cm³/mol. The van der Waals surface area contributed by atoms with Crippen molar-refractivity contribution in [3.8, 4) is 11.4 Å². The number of phenols is 1. The summed E-state index contributed by atoms with van der Waals surface area (Å²) in [5, 5.41) is 12.4. The van der Waals surface area contributed by atoms with E-state index in [9.17, 15) is 9.90 Å². The van der Waals surface area contributed by atoms with Gasteiger partial charge in [-0.25, -0.2) is 4.68 Å². The van der Waals surface area contributed by atoms with Crippen LogP contribution in [0.4, 0.5) is 0 Å². The lowest BCUT2D eigenvalue weighted by atomic mass is 10.2. The van der Waals surface area contributed by atoms with Gasteiger partial charge in [-0.2, -0.15) is 0 Å². The van der Waals surface area contributed by atoms with Gasteiger partial charge in [-0.15, -0.1) is 0 Å². The molecule has 5 heteroatoms. The van der Waals surface area contributed by atoms with Crippen LogP contribution in [-0.2, 0) is 13.0 Å². The van der Waals surface area contributed by atoms with E-state index in [2.05, 4.69) is 5.10 Å². The number of rotatable bonds is 3. The van der Waals surface area contributed by atoms with Crippen LogP contribution < -0.4 is 11.3 Å². The molecule has 0 aliphatic carbocycles. The van der Waals surface area contributed by atoms with Gasteiger partial charge in [0, 0.05) is 18.3 Å². The summed E-state index contributed by atoms with van der Waals surface area (Å²) in [5.41, 5.74) is 7.44. The zero-order valence-corrected chi connectivity index (χ0v) is 9.60. The number of benzene rings is 1. The minimum atomic E-state index is -0.157. The standard InChI is InChI=1S/C12H15N3O2/c1-2-11-10(7-13)12(17)15(14-11)8-4-3-5-9(16)6-8/h3-6,14,16H,2,7,13H2,1H3. The number of nitrogens with two attached hydrogens (primary N) is 1. The number of H-pyrrole nitrogens is 1. The summed E-state index contributed by atoms with van der Waals surface area (Å²) in [6.45, 7) is 2.17. The van der Waals surface area contributed by atoms with E-state index in [1.165, 1.54) is 10.7 Å². The van der Waals surface area contributed by atoms with Gasteiger partial charge in [0.1, 0.15) is 5.75 Å². The molecule has 1 heterocycles. The van der Waals surface area contributed by atoms with Crippen molar-refractivity contribution in [2.75, 3.05) is 0 Å². The van der Waals surface area contributed by atoms with Gasteiger partial charge in [-0.05, 0) is 18.6 Å². The molecule has 2 aromatic rings. The third-order valence-electron chi connectivity index (χ3n) is 2.72. The first-order chi connectivity index (χ1) is 8.17. The number of hydrogen-bond acceptors (Lipinski definition) is 3. The summed E-state index contributed by atoms with van der Waals surface area (Å²) < 4.78 is 1.40. The average Bonchev–Trinajstić information content (AvgIpc) is 2.65. The third-order valence-corrected chi connectivity index (χ3v) is 2.72. The molecule has 1 aromatic carbocycles. The zero-order valence-electron chi connectivity index (χ0n) is 9.60. The van der Waals surface area contributed by atoms with Crippen LogP contribution in [0, 0.1) is 0 Å². The number of aromatic nitrogens is 2. The number of hydrogen-bond donors (Lipinski definition) is 3. The van der Waals surface area contributed by atoms with Crippen LogP contribution in [0.15, 0.2) is 29.1 Å². The topological polar surface area (TPSA) is 84.0 Å². The summed E-state index contributed by atoms with van der Waals surface area (Å²) in [5.74, 6) is 0.122. The highest BCUT2D eigenvalue weighted by molar-refractivity contribution is 5.39. The maximum atomic E-state index is 12.1. The molecule has 0 saturated carbocycles. The second-order valence-corrected chi connectivity index (χ2v) is 3.79. The summed E-state index contributed by atoms with van der Waals surface area (Å²) in [6, 6.07) is 6.52. The molecule has 0 amide bonds. The molecule has 0 spiro atoms. The maximum Gasteiger partial charge on any atom is 0.275 e. The van der Waals surface area contributed by atoms with Crippen LogP contribution >= 0.6 is 0 Å². The Bertz CT molecular complexity index is 584. The van der Waals surface area contributed by atoms with Crippen molar-refractivity contribution in [3.05, 3.63) is 45.9 Å². The molecular formula is C12H15N3O2. The molecule has 4 N–H and O–H groups in total. The van der Waals surface area contributed by atoms with Gasteiger partial charge < -0.3 is 10.8 Å². The summed E-state index contributed by atoms with van der Waals surface area (Å²) in [6.07, 6.45) is 0.716. The van der Waals surface area contributed by atoms with Gasteiger partial charge in [0.25, 0.3) is 5.56 Å². The first kappa shape index (κ1) is 11.5. The highest BCUT2D eigenvalue weighted by Crippen LogP contribution is 2.14. The van der Waals surface area contributed by atoms with Crippen LogP contribution in [0.5, 0.6) is 5.75 Å². The van der Waals surface area contributed by atoms with Gasteiger partial charge in [0.15, 0.2) is 0 Å².